The van der Waals surface area contributed by atoms with Crippen LogP contribution in [0, 0.1) is 11.8 Å². The van der Waals surface area contributed by atoms with Crippen molar-refractivity contribution in [3.05, 3.63) is 0 Å². The number of carboxylic acid groups (broad SMARTS) is 1. The third-order valence-corrected chi connectivity index (χ3v) is 6.53. The first kappa shape index (κ1) is 15.6. The lowest BCUT2D eigenvalue weighted by atomic mass is 9.85. The van der Waals surface area contributed by atoms with Crippen LogP contribution in [0.2, 0.25) is 0 Å². The minimum Gasteiger partial charge on any atom is -0.481 e. The van der Waals surface area contributed by atoms with Crippen LogP contribution in [0.25, 0.3) is 0 Å². The van der Waals surface area contributed by atoms with Crippen LogP contribution in [0.5, 0.6) is 0 Å². The van der Waals surface area contributed by atoms with Crippen molar-refractivity contribution in [2.75, 3.05) is 24.7 Å². The third-order valence-electron chi connectivity index (χ3n) is 5.54. The van der Waals surface area contributed by atoms with Crippen molar-refractivity contribution in [1.29, 1.82) is 0 Å². The molecule has 3 aliphatic rings. The maximum absolute atomic E-state index is 11.3. The zero-order chi connectivity index (χ0) is 14.7. The van der Waals surface area contributed by atoms with E-state index in [0.717, 1.165) is 45.3 Å². The molecule has 1 spiro atoms. The summed E-state index contributed by atoms with van der Waals surface area (Å²) in [5.74, 6) is 2.03. The number of hydrogen-bond acceptors (Lipinski definition) is 4. The molecule has 0 aromatic carbocycles. The molecule has 2 N–H and O–H groups in total. The maximum atomic E-state index is 11.3. The van der Waals surface area contributed by atoms with Crippen LogP contribution in [0.1, 0.15) is 44.9 Å². The molecule has 120 valence electrons. The molecule has 1 saturated carbocycles. The predicted molar refractivity (Wildman–Crippen MR) is 84.7 cm³/mol. The molecule has 21 heavy (non-hydrogen) atoms. The first-order valence-electron chi connectivity index (χ1n) is 8.36. The molecule has 4 nitrogen and oxygen atoms in total. The Labute approximate surface area is 131 Å². The van der Waals surface area contributed by atoms with Gasteiger partial charge in [-0.1, -0.05) is 6.42 Å². The summed E-state index contributed by atoms with van der Waals surface area (Å²) >= 11 is 2.04. The number of rotatable bonds is 4. The zero-order valence-electron chi connectivity index (χ0n) is 12.7. The van der Waals surface area contributed by atoms with Gasteiger partial charge in [-0.15, -0.1) is 0 Å². The predicted octanol–water partition coefficient (Wildman–Crippen LogP) is 2.52. The fourth-order valence-electron chi connectivity index (χ4n) is 4.22. The first-order chi connectivity index (χ1) is 10.2. The average Bonchev–Trinajstić information content (AvgIpc) is 2.95. The summed E-state index contributed by atoms with van der Waals surface area (Å²) in [6.45, 7) is 1.72. The molecule has 2 aliphatic heterocycles. The quantitative estimate of drug-likeness (QED) is 0.835. The number of thioether (sulfide) groups is 1. The van der Waals surface area contributed by atoms with Gasteiger partial charge < -0.3 is 15.2 Å². The number of nitrogens with one attached hydrogen (secondary N) is 1. The van der Waals surface area contributed by atoms with E-state index in [4.69, 9.17) is 4.74 Å². The van der Waals surface area contributed by atoms with E-state index in [0.29, 0.717) is 12.0 Å². The van der Waals surface area contributed by atoms with Gasteiger partial charge in [-0.3, -0.25) is 4.79 Å². The Hall–Kier alpha value is -0.260. The Bertz CT molecular complexity index is 365. The molecule has 3 unspecified atom stereocenters. The van der Waals surface area contributed by atoms with Crippen molar-refractivity contribution < 1.29 is 14.6 Å². The highest BCUT2D eigenvalue weighted by Gasteiger charge is 2.39. The highest BCUT2D eigenvalue weighted by atomic mass is 32.2. The Kier molecular flexibility index (Phi) is 5.12. The van der Waals surface area contributed by atoms with Gasteiger partial charge >= 0.3 is 5.97 Å². The number of aliphatic carboxylic acids is 1. The summed E-state index contributed by atoms with van der Waals surface area (Å²) in [5.41, 5.74) is 0.114. The third kappa shape index (κ3) is 3.74. The van der Waals surface area contributed by atoms with Crippen molar-refractivity contribution in [2.24, 2.45) is 11.8 Å². The van der Waals surface area contributed by atoms with E-state index >= 15 is 0 Å². The molecule has 0 radical (unpaired) electrons. The number of ether oxygens (including phenoxy) is 1. The topological polar surface area (TPSA) is 58.6 Å². The average molecular weight is 313 g/mol. The van der Waals surface area contributed by atoms with Gasteiger partial charge in [0.15, 0.2) is 0 Å². The van der Waals surface area contributed by atoms with Crippen molar-refractivity contribution >= 4 is 17.7 Å². The van der Waals surface area contributed by atoms with Crippen LogP contribution >= 0.6 is 11.8 Å². The van der Waals surface area contributed by atoms with Gasteiger partial charge in [0, 0.05) is 12.6 Å². The number of carbonyl (C=O) groups is 1. The summed E-state index contributed by atoms with van der Waals surface area (Å²) in [6, 6.07) is 0.511. The SMILES string of the molecule is O=C(O)C1CCCC1CNC1CCOC2(CCSCC2)C1. The van der Waals surface area contributed by atoms with Crippen LogP contribution in [0.4, 0.5) is 0 Å². The second-order valence-electron chi connectivity index (χ2n) is 6.88. The highest BCUT2D eigenvalue weighted by molar-refractivity contribution is 7.99. The molecule has 3 atom stereocenters. The Morgan fingerprint density at radius 1 is 1.29 bits per heavy atom. The molecule has 0 bridgehead atoms. The molecule has 2 heterocycles. The second kappa shape index (κ2) is 6.88. The molecule has 3 fully saturated rings. The summed E-state index contributed by atoms with van der Waals surface area (Å²) in [4.78, 5) is 11.3. The highest BCUT2D eigenvalue weighted by Crippen LogP contribution is 2.38. The lowest BCUT2D eigenvalue weighted by Gasteiger charge is -2.43. The Morgan fingerprint density at radius 3 is 2.86 bits per heavy atom. The normalized spacial score (nSPS) is 35.9. The van der Waals surface area contributed by atoms with Crippen molar-refractivity contribution in [3.63, 3.8) is 0 Å². The van der Waals surface area contributed by atoms with Crippen molar-refractivity contribution in [2.45, 2.75) is 56.6 Å². The molecule has 5 heteroatoms. The summed E-state index contributed by atoms with van der Waals surface area (Å²) in [6.07, 6.45) is 7.52. The van der Waals surface area contributed by atoms with Gasteiger partial charge in [-0.2, -0.15) is 11.8 Å². The van der Waals surface area contributed by atoms with E-state index in [2.05, 4.69) is 5.32 Å². The largest absolute Gasteiger partial charge is 0.481 e. The summed E-state index contributed by atoms with van der Waals surface area (Å²) in [5, 5.41) is 12.9. The molecule has 0 aromatic rings. The summed E-state index contributed by atoms with van der Waals surface area (Å²) in [7, 11) is 0. The van der Waals surface area contributed by atoms with Gasteiger partial charge in [-0.05, 0) is 62.5 Å². The standard InChI is InChI=1S/C16H27NO3S/c18-15(19)14-3-1-2-12(14)11-17-13-4-7-20-16(10-13)5-8-21-9-6-16/h12-14,17H,1-11H2,(H,18,19). The van der Waals surface area contributed by atoms with E-state index in [1.807, 2.05) is 11.8 Å². The molecule has 2 saturated heterocycles. The van der Waals surface area contributed by atoms with Crippen LogP contribution in [-0.4, -0.2) is 47.4 Å². The van der Waals surface area contributed by atoms with E-state index in [1.165, 1.54) is 24.3 Å². The fraction of sp³-hybridized carbons (Fsp3) is 0.938. The van der Waals surface area contributed by atoms with E-state index in [-0.39, 0.29) is 11.5 Å². The van der Waals surface area contributed by atoms with Gasteiger partial charge in [-0.25, -0.2) is 0 Å². The molecular weight excluding hydrogens is 286 g/mol. The minimum atomic E-state index is -0.605. The van der Waals surface area contributed by atoms with E-state index in [1.54, 1.807) is 0 Å². The number of hydrogen-bond donors (Lipinski definition) is 2. The van der Waals surface area contributed by atoms with E-state index in [9.17, 15) is 9.90 Å². The van der Waals surface area contributed by atoms with Crippen molar-refractivity contribution in [3.8, 4) is 0 Å². The number of carboxylic acids is 1. The maximum Gasteiger partial charge on any atom is 0.306 e. The van der Waals surface area contributed by atoms with Gasteiger partial charge in [0.1, 0.15) is 0 Å². The molecule has 3 rings (SSSR count). The lowest BCUT2D eigenvalue weighted by molar-refractivity contribution is -0.143. The van der Waals surface area contributed by atoms with Gasteiger partial charge in [0.25, 0.3) is 0 Å². The molecule has 1 aliphatic carbocycles. The molecule has 0 aromatic heterocycles. The monoisotopic (exact) mass is 313 g/mol. The van der Waals surface area contributed by atoms with Crippen LogP contribution in [-0.2, 0) is 9.53 Å². The fourth-order valence-corrected chi connectivity index (χ4v) is 5.45. The van der Waals surface area contributed by atoms with E-state index < -0.39 is 5.97 Å². The van der Waals surface area contributed by atoms with Crippen LogP contribution in [0.3, 0.4) is 0 Å². The lowest BCUT2D eigenvalue weighted by Crippen LogP contribution is -2.49. The van der Waals surface area contributed by atoms with Gasteiger partial charge in [0.2, 0.25) is 0 Å². The Morgan fingerprint density at radius 2 is 2.10 bits per heavy atom. The van der Waals surface area contributed by atoms with Crippen LogP contribution < -0.4 is 5.32 Å². The second-order valence-corrected chi connectivity index (χ2v) is 8.10. The summed E-state index contributed by atoms with van der Waals surface area (Å²) < 4.78 is 6.12. The Balaban J connectivity index is 1.49. The first-order valence-corrected chi connectivity index (χ1v) is 9.52. The smallest absolute Gasteiger partial charge is 0.306 e. The van der Waals surface area contributed by atoms with Gasteiger partial charge in [0.05, 0.1) is 11.5 Å². The molecule has 0 amide bonds. The minimum absolute atomic E-state index is 0.114. The zero-order valence-corrected chi connectivity index (χ0v) is 13.5. The molecular formula is C16H27NO3S. The van der Waals surface area contributed by atoms with Crippen molar-refractivity contribution in [1.82, 2.24) is 5.32 Å². The van der Waals surface area contributed by atoms with Crippen LogP contribution in [0.15, 0.2) is 0 Å².